The molecule has 0 heterocycles. The van der Waals surface area contributed by atoms with Gasteiger partial charge in [0.15, 0.2) is 0 Å². The van der Waals surface area contributed by atoms with Gasteiger partial charge in [0.2, 0.25) is 0 Å². The van der Waals surface area contributed by atoms with Gasteiger partial charge in [0.05, 0.1) is 11.1 Å². The summed E-state index contributed by atoms with van der Waals surface area (Å²) in [4.78, 5) is 23.4. The van der Waals surface area contributed by atoms with E-state index in [0.717, 1.165) is 24.3 Å². The van der Waals surface area contributed by atoms with E-state index in [1.807, 2.05) is 10.9 Å². The molecule has 0 atom stereocenters. The van der Waals surface area contributed by atoms with Crippen LogP contribution < -0.4 is 10.9 Å². The van der Waals surface area contributed by atoms with Crippen LogP contribution in [0.15, 0.2) is 48.5 Å². The molecule has 120 valence electrons. The second-order valence-electron chi connectivity index (χ2n) is 4.47. The van der Waals surface area contributed by atoms with Gasteiger partial charge in [0, 0.05) is 5.56 Å². The Morgan fingerprint density at radius 2 is 1.52 bits per heavy atom. The van der Waals surface area contributed by atoms with Crippen molar-refractivity contribution in [2.75, 3.05) is 0 Å². The fourth-order valence-corrected chi connectivity index (χ4v) is 1.74. The van der Waals surface area contributed by atoms with Gasteiger partial charge in [0.25, 0.3) is 11.8 Å². The van der Waals surface area contributed by atoms with Gasteiger partial charge in [-0.3, -0.25) is 20.4 Å². The fourth-order valence-electron chi connectivity index (χ4n) is 1.74. The summed E-state index contributed by atoms with van der Waals surface area (Å²) in [6.45, 7) is 0. The predicted octanol–water partition coefficient (Wildman–Crippen LogP) is 2.92. The molecule has 0 spiro atoms. The zero-order valence-electron chi connectivity index (χ0n) is 11.4. The summed E-state index contributed by atoms with van der Waals surface area (Å²) in [5.41, 5.74) is 2.27. The maximum absolute atomic E-state index is 13.4. The lowest BCUT2D eigenvalue weighted by molar-refractivity contribution is -0.137. The Labute approximate surface area is 128 Å². The Morgan fingerprint density at radius 3 is 2.17 bits per heavy atom. The van der Waals surface area contributed by atoms with Crippen molar-refractivity contribution >= 4 is 11.8 Å². The largest absolute Gasteiger partial charge is 0.416 e. The van der Waals surface area contributed by atoms with E-state index in [9.17, 15) is 27.2 Å². The number of nitrogens with one attached hydrogen (secondary N) is 2. The number of carbonyl (C=O) groups excluding carboxylic acids is 2. The zero-order valence-corrected chi connectivity index (χ0v) is 11.4. The van der Waals surface area contributed by atoms with Gasteiger partial charge in [-0.2, -0.15) is 13.2 Å². The molecule has 0 fully saturated rings. The maximum atomic E-state index is 13.4. The average Bonchev–Trinajstić information content (AvgIpc) is 2.52. The zero-order chi connectivity index (χ0) is 17.0. The van der Waals surface area contributed by atoms with Crippen LogP contribution in [-0.4, -0.2) is 11.8 Å². The second-order valence-corrected chi connectivity index (χ2v) is 4.47. The molecule has 4 nitrogen and oxygen atoms in total. The molecule has 0 aromatic heterocycles. The van der Waals surface area contributed by atoms with Gasteiger partial charge >= 0.3 is 6.18 Å². The molecule has 0 unspecified atom stereocenters. The van der Waals surface area contributed by atoms with Crippen molar-refractivity contribution in [3.63, 3.8) is 0 Å². The average molecular weight is 326 g/mol. The molecule has 0 saturated carbocycles. The molecule has 0 aliphatic rings. The van der Waals surface area contributed by atoms with Crippen LogP contribution in [0.4, 0.5) is 17.6 Å². The van der Waals surface area contributed by atoms with Gasteiger partial charge in [-0.15, -0.1) is 0 Å². The van der Waals surface area contributed by atoms with Gasteiger partial charge in [0.1, 0.15) is 5.82 Å². The molecule has 23 heavy (non-hydrogen) atoms. The molecule has 2 amide bonds. The van der Waals surface area contributed by atoms with Crippen molar-refractivity contribution in [3.8, 4) is 0 Å². The minimum Gasteiger partial charge on any atom is -0.267 e. The molecular weight excluding hydrogens is 316 g/mol. The van der Waals surface area contributed by atoms with Crippen LogP contribution >= 0.6 is 0 Å². The maximum Gasteiger partial charge on any atom is 0.416 e. The van der Waals surface area contributed by atoms with Crippen LogP contribution in [0.5, 0.6) is 0 Å². The summed E-state index contributed by atoms with van der Waals surface area (Å²) >= 11 is 0. The molecule has 0 bridgehead atoms. The summed E-state index contributed by atoms with van der Waals surface area (Å²) in [6.07, 6.45) is -4.59. The van der Waals surface area contributed by atoms with Crippen LogP contribution in [0.1, 0.15) is 26.3 Å². The monoisotopic (exact) mass is 326 g/mol. The number of benzene rings is 2. The van der Waals surface area contributed by atoms with Crippen molar-refractivity contribution in [1.29, 1.82) is 0 Å². The molecule has 0 aliphatic heterocycles. The van der Waals surface area contributed by atoms with Gasteiger partial charge in [-0.1, -0.05) is 18.2 Å². The fraction of sp³-hybridized carbons (Fsp3) is 0.0667. The van der Waals surface area contributed by atoms with Gasteiger partial charge in [-0.05, 0) is 30.3 Å². The molecule has 2 aromatic rings. The molecule has 0 saturated heterocycles. The molecule has 0 radical (unpaired) electrons. The first-order chi connectivity index (χ1) is 10.8. The minimum atomic E-state index is -4.59. The number of rotatable bonds is 2. The number of carbonyl (C=O) groups is 2. The number of alkyl halides is 3. The summed E-state index contributed by atoms with van der Waals surface area (Å²) < 4.78 is 51.1. The molecule has 2 N–H and O–H groups in total. The number of halogens is 4. The Hall–Kier alpha value is -2.90. The quantitative estimate of drug-likeness (QED) is 0.658. The van der Waals surface area contributed by atoms with Crippen LogP contribution in [0.2, 0.25) is 0 Å². The Bertz CT molecular complexity index is 744. The smallest absolute Gasteiger partial charge is 0.267 e. The molecule has 0 aliphatic carbocycles. The highest BCUT2D eigenvalue weighted by molar-refractivity contribution is 5.99. The van der Waals surface area contributed by atoms with E-state index in [0.29, 0.717) is 6.07 Å². The Balaban J connectivity index is 2.06. The molecular formula is C15H10F4N2O2. The Kier molecular flexibility index (Phi) is 4.63. The van der Waals surface area contributed by atoms with Crippen molar-refractivity contribution in [2.24, 2.45) is 0 Å². The van der Waals surface area contributed by atoms with Gasteiger partial charge < -0.3 is 0 Å². The SMILES string of the molecule is O=C(NNC(=O)c1ccccc1F)c1cccc(C(F)(F)F)c1. The lowest BCUT2D eigenvalue weighted by Gasteiger charge is -2.10. The number of hydrogen-bond acceptors (Lipinski definition) is 2. The van der Waals surface area contributed by atoms with Crippen LogP contribution in [-0.2, 0) is 6.18 Å². The van der Waals surface area contributed by atoms with E-state index in [1.165, 1.54) is 18.2 Å². The van der Waals surface area contributed by atoms with E-state index in [1.54, 1.807) is 0 Å². The highest BCUT2D eigenvalue weighted by Crippen LogP contribution is 2.29. The first-order valence-electron chi connectivity index (χ1n) is 6.31. The second kappa shape index (κ2) is 6.47. The summed E-state index contributed by atoms with van der Waals surface area (Å²) in [6, 6.07) is 8.74. The first-order valence-corrected chi connectivity index (χ1v) is 6.31. The van der Waals surface area contributed by atoms with Crippen molar-refractivity contribution in [2.45, 2.75) is 6.18 Å². The van der Waals surface area contributed by atoms with Crippen molar-refractivity contribution in [1.82, 2.24) is 10.9 Å². The topological polar surface area (TPSA) is 58.2 Å². The Morgan fingerprint density at radius 1 is 0.870 bits per heavy atom. The lowest BCUT2D eigenvalue weighted by atomic mass is 10.1. The van der Waals surface area contributed by atoms with Crippen molar-refractivity contribution in [3.05, 3.63) is 71.0 Å². The third-order valence-electron chi connectivity index (χ3n) is 2.86. The molecule has 2 rings (SSSR count). The third-order valence-corrected chi connectivity index (χ3v) is 2.86. The standard InChI is InChI=1S/C15H10F4N2O2/c16-12-7-2-1-6-11(12)14(23)21-20-13(22)9-4-3-5-10(8-9)15(17,18)19/h1-8H,(H,20,22)(H,21,23). The van der Waals surface area contributed by atoms with E-state index in [-0.39, 0.29) is 11.1 Å². The molecule has 8 heteroatoms. The van der Waals surface area contributed by atoms with E-state index in [2.05, 4.69) is 0 Å². The highest BCUT2D eigenvalue weighted by Gasteiger charge is 2.30. The van der Waals surface area contributed by atoms with Gasteiger partial charge in [-0.25, -0.2) is 4.39 Å². The number of hydrazine groups is 1. The minimum absolute atomic E-state index is 0.298. The number of amides is 2. The van der Waals surface area contributed by atoms with E-state index in [4.69, 9.17) is 0 Å². The third kappa shape index (κ3) is 4.06. The van der Waals surface area contributed by atoms with E-state index >= 15 is 0 Å². The predicted molar refractivity (Wildman–Crippen MR) is 72.8 cm³/mol. The summed E-state index contributed by atoms with van der Waals surface area (Å²) in [5.74, 6) is -2.68. The van der Waals surface area contributed by atoms with Crippen LogP contribution in [0, 0.1) is 5.82 Å². The lowest BCUT2D eigenvalue weighted by Crippen LogP contribution is -2.42. The first kappa shape index (κ1) is 16.5. The summed E-state index contributed by atoms with van der Waals surface area (Å²) in [7, 11) is 0. The normalized spacial score (nSPS) is 11.0. The van der Waals surface area contributed by atoms with Crippen molar-refractivity contribution < 1.29 is 27.2 Å². The number of hydrogen-bond donors (Lipinski definition) is 2. The van der Waals surface area contributed by atoms with Crippen LogP contribution in [0.25, 0.3) is 0 Å². The van der Waals surface area contributed by atoms with Crippen LogP contribution in [0.3, 0.4) is 0 Å². The highest BCUT2D eigenvalue weighted by atomic mass is 19.4. The molecule has 2 aromatic carbocycles. The summed E-state index contributed by atoms with van der Waals surface area (Å²) in [5, 5.41) is 0. The van der Waals surface area contributed by atoms with E-state index < -0.39 is 29.4 Å².